The zero-order valence-electron chi connectivity index (χ0n) is 13.5. The van der Waals surface area contributed by atoms with Crippen LogP contribution in [-0.2, 0) is 9.59 Å². The summed E-state index contributed by atoms with van der Waals surface area (Å²) >= 11 is 0. The molecule has 5 N–H and O–H groups in total. The number of hydrogen-bond donors (Lipinski definition) is 4. The first-order chi connectivity index (χ1) is 11.6. The van der Waals surface area contributed by atoms with Crippen molar-refractivity contribution >= 4 is 17.9 Å². The highest BCUT2D eigenvalue weighted by atomic mass is 16.1. The maximum atomic E-state index is 11.9. The number of amides is 1. The van der Waals surface area contributed by atoms with E-state index in [1.165, 1.54) is 11.1 Å². The second kappa shape index (κ2) is 8.84. The first kappa shape index (κ1) is 17.7. The van der Waals surface area contributed by atoms with E-state index in [0.29, 0.717) is 24.8 Å². The Kier molecular flexibility index (Phi) is 6.51. The zero-order valence-corrected chi connectivity index (χ0v) is 13.5. The number of isocyanates is 1. The van der Waals surface area contributed by atoms with Gasteiger partial charge in [0.15, 0.2) is 5.96 Å². The van der Waals surface area contributed by atoms with Gasteiger partial charge in [-0.1, -0.05) is 24.3 Å². The van der Waals surface area contributed by atoms with Gasteiger partial charge >= 0.3 is 0 Å². The highest BCUT2D eigenvalue weighted by molar-refractivity contribution is 5.77. The van der Waals surface area contributed by atoms with Crippen LogP contribution in [0.2, 0.25) is 0 Å². The minimum atomic E-state index is -0.167. The van der Waals surface area contributed by atoms with Crippen molar-refractivity contribution in [1.82, 2.24) is 10.6 Å². The molecular formula is C17H23N5O2. The molecule has 7 heteroatoms. The van der Waals surface area contributed by atoms with Crippen molar-refractivity contribution in [1.29, 1.82) is 5.41 Å². The Hall–Kier alpha value is -2.66. The Labute approximate surface area is 141 Å². The lowest BCUT2D eigenvalue weighted by Gasteiger charge is -2.21. The number of nitrogens with zero attached hydrogens (tertiary/aromatic N) is 1. The Bertz CT molecular complexity index is 640. The molecule has 1 aromatic carbocycles. The molecule has 0 fully saturated rings. The molecule has 0 aromatic heterocycles. The monoisotopic (exact) mass is 329 g/mol. The Balaban J connectivity index is 1.85. The fourth-order valence-corrected chi connectivity index (χ4v) is 3.27. The van der Waals surface area contributed by atoms with E-state index >= 15 is 0 Å². The van der Waals surface area contributed by atoms with Gasteiger partial charge in [-0.05, 0) is 42.2 Å². The molecule has 2 unspecified atom stereocenters. The van der Waals surface area contributed by atoms with E-state index in [4.69, 9.17) is 11.1 Å². The van der Waals surface area contributed by atoms with Gasteiger partial charge in [-0.3, -0.25) is 10.2 Å². The number of aliphatic imine (C=N–C) groups is 1. The normalized spacial score (nSPS) is 17.8. The van der Waals surface area contributed by atoms with Crippen LogP contribution in [0.1, 0.15) is 48.6 Å². The third kappa shape index (κ3) is 4.93. The van der Waals surface area contributed by atoms with E-state index in [9.17, 15) is 9.59 Å². The molecule has 2 atom stereocenters. The molecule has 0 saturated carbocycles. The number of guanidine groups is 1. The summed E-state index contributed by atoms with van der Waals surface area (Å²) < 4.78 is 0. The molecule has 0 spiro atoms. The van der Waals surface area contributed by atoms with E-state index in [1.54, 1.807) is 6.08 Å². The lowest BCUT2D eigenvalue weighted by atomic mass is 9.84. The van der Waals surface area contributed by atoms with Gasteiger partial charge in [-0.15, -0.1) is 0 Å². The number of rotatable bonds is 9. The third-order valence-electron chi connectivity index (χ3n) is 4.35. The number of nitrogens with one attached hydrogen (secondary N) is 3. The smallest absolute Gasteiger partial charge is 0.234 e. The van der Waals surface area contributed by atoms with Gasteiger partial charge in [0.05, 0.1) is 13.2 Å². The molecule has 0 aliphatic heterocycles. The lowest BCUT2D eigenvalue weighted by Crippen LogP contribution is -2.40. The van der Waals surface area contributed by atoms with Gasteiger partial charge in [-0.2, -0.15) is 0 Å². The highest BCUT2D eigenvalue weighted by Crippen LogP contribution is 2.45. The second-order valence-corrected chi connectivity index (χ2v) is 5.90. The number of fused-ring (bicyclic) bond motifs is 2. The summed E-state index contributed by atoms with van der Waals surface area (Å²) in [5.41, 5.74) is 7.73. The first-order valence-electron chi connectivity index (χ1n) is 8.10. The Morgan fingerprint density at radius 1 is 1.25 bits per heavy atom. The predicted molar refractivity (Wildman–Crippen MR) is 91.4 cm³/mol. The quantitative estimate of drug-likeness (QED) is 0.179. The number of benzene rings is 1. The summed E-state index contributed by atoms with van der Waals surface area (Å²) in [7, 11) is 0. The van der Waals surface area contributed by atoms with E-state index in [2.05, 4.69) is 39.9 Å². The van der Waals surface area contributed by atoms with Crippen LogP contribution in [0.15, 0.2) is 29.3 Å². The number of hydrogen-bond acceptors (Lipinski definition) is 4. The van der Waals surface area contributed by atoms with E-state index in [-0.39, 0.29) is 18.5 Å². The van der Waals surface area contributed by atoms with Crippen LogP contribution < -0.4 is 16.4 Å². The summed E-state index contributed by atoms with van der Waals surface area (Å²) in [6.45, 7) is 0.666. The van der Waals surface area contributed by atoms with Gasteiger partial charge in [0.25, 0.3) is 0 Å². The summed E-state index contributed by atoms with van der Waals surface area (Å²) in [6, 6.07) is 8.48. The molecule has 1 aliphatic carbocycles. The van der Waals surface area contributed by atoms with Gasteiger partial charge < -0.3 is 16.4 Å². The zero-order chi connectivity index (χ0) is 17.4. The lowest BCUT2D eigenvalue weighted by molar-refractivity contribution is -0.121. The molecule has 128 valence electrons. The summed E-state index contributed by atoms with van der Waals surface area (Å²) in [5.74, 6) is 0.468. The largest absolute Gasteiger partial charge is 0.370 e. The van der Waals surface area contributed by atoms with E-state index in [1.807, 2.05) is 0 Å². The second-order valence-electron chi connectivity index (χ2n) is 5.90. The first-order valence-corrected chi connectivity index (χ1v) is 8.10. The maximum absolute atomic E-state index is 11.9. The molecule has 1 aromatic rings. The molecule has 1 aliphatic rings. The van der Waals surface area contributed by atoms with Crippen LogP contribution in [0, 0.1) is 5.41 Å². The number of nitrogens with two attached hydrogens (primary N) is 1. The van der Waals surface area contributed by atoms with Crippen LogP contribution in [0.3, 0.4) is 0 Å². The van der Waals surface area contributed by atoms with Crippen molar-refractivity contribution in [3.05, 3.63) is 35.4 Å². The molecule has 0 radical (unpaired) electrons. The molecule has 1 amide bonds. The standard InChI is InChI=1S/C17H23N5O2/c18-17(19)22-10-21-16(24)7-6-15-13-4-1-3-12(9-13)14(15)5-2-8-20-11-23/h1,3-4,9,14-15H,2,5-8,10H2,(H,21,24)(H4,18,19,22). The third-order valence-corrected chi connectivity index (χ3v) is 4.35. The van der Waals surface area contributed by atoms with Crippen molar-refractivity contribution < 1.29 is 9.59 Å². The van der Waals surface area contributed by atoms with Gasteiger partial charge in [0, 0.05) is 6.42 Å². The van der Waals surface area contributed by atoms with Crippen molar-refractivity contribution in [3.63, 3.8) is 0 Å². The van der Waals surface area contributed by atoms with Gasteiger partial charge in [0.2, 0.25) is 12.0 Å². The van der Waals surface area contributed by atoms with E-state index in [0.717, 1.165) is 19.3 Å². The predicted octanol–water partition coefficient (Wildman–Crippen LogP) is 1.32. The SMILES string of the molecule is N=C(N)NCNC(=O)CCC1c2cccc(c2)C1CCCN=C=O. The fraction of sp³-hybridized carbons (Fsp3) is 0.471. The Morgan fingerprint density at radius 2 is 1.96 bits per heavy atom. The minimum absolute atomic E-state index is 0.0620. The van der Waals surface area contributed by atoms with Crippen LogP contribution in [0.25, 0.3) is 0 Å². The average Bonchev–Trinajstić information content (AvgIpc) is 2.79. The summed E-state index contributed by atoms with van der Waals surface area (Å²) in [5, 5.41) is 12.3. The van der Waals surface area contributed by atoms with Crippen LogP contribution >= 0.6 is 0 Å². The maximum Gasteiger partial charge on any atom is 0.234 e. The number of carbonyl (C=O) groups is 1. The van der Waals surface area contributed by atoms with Crippen molar-refractivity contribution in [2.45, 2.75) is 37.5 Å². The van der Waals surface area contributed by atoms with Gasteiger partial charge in [-0.25, -0.2) is 9.79 Å². The van der Waals surface area contributed by atoms with Crippen molar-refractivity contribution in [3.8, 4) is 0 Å². The van der Waals surface area contributed by atoms with Gasteiger partial charge in [0.1, 0.15) is 0 Å². The van der Waals surface area contributed by atoms with Crippen LogP contribution in [0.4, 0.5) is 0 Å². The van der Waals surface area contributed by atoms with Crippen LogP contribution in [0.5, 0.6) is 0 Å². The molecule has 7 nitrogen and oxygen atoms in total. The van der Waals surface area contributed by atoms with Crippen LogP contribution in [-0.4, -0.2) is 31.2 Å². The molecule has 0 saturated heterocycles. The highest BCUT2D eigenvalue weighted by Gasteiger charge is 2.30. The molecule has 2 rings (SSSR count). The average molecular weight is 329 g/mol. The van der Waals surface area contributed by atoms with Crippen molar-refractivity contribution in [2.75, 3.05) is 13.2 Å². The minimum Gasteiger partial charge on any atom is -0.370 e. The Morgan fingerprint density at radius 3 is 2.62 bits per heavy atom. The molecule has 24 heavy (non-hydrogen) atoms. The van der Waals surface area contributed by atoms with Crippen molar-refractivity contribution in [2.24, 2.45) is 10.7 Å². The topological polar surface area (TPSA) is 120 Å². The summed E-state index contributed by atoms with van der Waals surface area (Å²) in [6.07, 6.45) is 4.54. The fourth-order valence-electron chi connectivity index (χ4n) is 3.27. The van der Waals surface area contributed by atoms with E-state index < -0.39 is 0 Å². The number of carbonyl (C=O) groups excluding carboxylic acids is 2. The summed E-state index contributed by atoms with van der Waals surface area (Å²) in [4.78, 5) is 25.7. The molecular weight excluding hydrogens is 306 g/mol. The molecule has 0 heterocycles. The molecule has 2 bridgehead atoms.